The van der Waals surface area contributed by atoms with Crippen molar-refractivity contribution in [1.29, 1.82) is 0 Å². The molecule has 0 unspecified atom stereocenters. The maximum atomic E-state index is 14.1. The summed E-state index contributed by atoms with van der Waals surface area (Å²) in [6.45, 7) is 1.96. The molecule has 30 heavy (non-hydrogen) atoms. The third-order valence-electron chi connectivity index (χ3n) is 6.22. The van der Waals surface area contributed by atoms with Crippen molar-refractivity contribution in [1.82, 2.24) is 8.87 Å². The minimum Gasteiger partial charge on any atom is -0.497 e. The maximum Gasteiger partial charge on any atom is 0.268 e. The first-order chi connectivity index (χ1) is 14.5. The van der Waals surface area contributed by atoms with E-state index in [1.807, 2.05) is 0 Å². The van der Waals surface area contributed by atoms with E-state index >= 15 is 0 Å². The van der Waals surface area contributed by atoms with Gasteiger partial charge in [-0.05, 0) is 73.8 Å². The number of benzene rings is 2. The van der Waals surface area contributed by atoms with E-state index in [9.17, 15) is 12.8 Å². The van der Waals surface area contributed by atoms with E-state index < -0.39 is 10.0 Å². The van der Waals surface area contributed by atoms with Gasteiger partial charge >= 0.3 is 0 Å². The quantitative estimate of drug-likeness (QED) is 0.625. The number of methoxy groups -OCH3 is 1. The van der Waals surface area contributed by atoms with E-state index in [1.165, 1.54) is 41.8 Å². The number of ether oxygens (including phenoxy) is 1. The molecule has 156 valence electrons. The van der Waals surface area contributed by atoms with Crippen molar-refractivity contribution in [2.24, 2.45) is 0 Å². The minimum absolute atomic E-state index is 0.163. The van der Waals surface area contributed by atoms with E-state index in [0.717, 1.165) is 37.1 Å². The second-order valence-corrected chi connectivity index (χ2v) is 9.72. The topological polar surface area (TPSA) is 51.5 Å². The van der Waals surface area contributed by atoms with Crippen LogP contribution in [0, 0.1) is 5.82 Å². The summed E-state index contributed by atoms with van der Waals surface area (Å²) in [6, 6.07) is 11.1. The third-order valence-corrected chi connectivity index (χ3v) is 7.91. The van der Waals surface area contributed by atoms with Crippen molar-refractivity contribution >= 4 is 26.5 Å². The van der Waals surface area contributed by atoms with Gasteiger partial charge in [0.1, 0.15) is 11.6 Å². The van der Waals surface area contributed by atoms with Gasteiger partial charge in [0, 0.05) is 29.7 Å². The molecule has 1 aromatic heterocycles. The van der Waals surface area contributed by atoms with E-state index in [0.29, 0.717) is 22.7 Å². The Labute approximate surface area is 175 Å². The lowest BCUT2D eigenvalue weighted by Crippen LogP contribution is -2.32. The molecule has 5 nitrogen and oxygen atoms in total. The Hall–Kier alpha value is -2.64. The first kappa shape index (κ1) is 19.3. The first-order valence-corrected chi connectivity index (χ1v) is 11.5. The molecule has 1 saturated heterocycles. The fraction of sp³-hybridized carbons (Fsp3) is 0.304. The molecular weight excluding hydrogens is 403 g/mol. The molecule has 0 N–H and O–H groups in total. The fourth-order valence-corrected chi connectivity index (χ4v) is 6.01. The van der Waals surface area contributed by atoms with Crippen LogP contribution < -0.4 is 4.74 Å². The van der Waals surface area contributed by atoms with Crippen molar-refractivity contribution in [3.05, 3.63) is 66.1 Å². The largest absolute Gasteiger partial charge is 0.497 e. The van der Waals surface area contributed by atoms with Gasteiger partial charge in [0.25, 0.3) is 10.0 Å². The molecule has 0 spiro atoms. The summed E-state index contributed by atoms with van der Waals surface area (Å²) < 4.78 is 47.3. The normalized spacial score (nSPS) is 19.7. The van der Waals surface area contributed by atoms with Crippen molar-refractivity contribution in [2.45, 2.75) is 30.2 Å². The molecule has 3 heterocycles. The van der Waals surface area contributed by atoms with Gasteiger partial charge in [-0.1, -0.05) is 6.08 Å². The van der Waals surface area contributed by atoms with Crippen LogP contribution in [-0.4, -0.2) is 43.5 Å². The number of rotatable bonds is 4. The van der Waals surface area contributed by atoms with Crippen LogP contribution in [0.5, 0.6) is 5.75 Å². The lowest BCUT2D eigenvalue weighted by molar-refractivity contribution is 0.275. The summed E-state index contributed by atoms with van der Waals surface area (Å²) >= 11 is 0. The summed E-state index contributed by atoms with van der Waals surface area (Å²) in [5.74, 6) is 0.213. The van der Waals surface area contributed by atoms with Gasteiger partial charge < -0.3 is 4.74 Å². The molecule has 5 rings (SSSR count). The van der Waals surface area contributed by atoms with Crippen LogP contribution in [0.25, 0.3) is 16.5 Å². The number of nitrogens with zero attached hydrogens (tertiary/aromatic N) is 2. The lowest BCUT2D eigenvalue weighted by Gasteiger charge is -2.29. The molecule has 2 aliphatic heterocycles. The average Bonchev–Trinajstić information content (AvgIpc) is 3.37. The molecule has 3 aromatic rings. The number of hydrogen-bond donors (Lipinski definition) is 0. The van der Waals surface area contributed by atoms with E-state index in [2.05, 4.69) is 11.0 Å². The highest BCUT2D eigenvalue weighted by Crippen LogP contribution is 2.37. The standard InChI is InChI=1S/C23H23FN2O3S/c1-29-19-5-7-20(8-6-19)30(27,28)26-15-22(21-14-17(24)4-9-23(21)26)16-10-12-25-11-2-3-18(25)13-16/h4-10,14-15,18H,2-3,11-13H2,1H3/t18-/m1/s1. The molecular formula is C23H23FN2O3S. The molecule has 0 saturated carbocycles. The monoisotopic (exact) mass is 426 g/mol. The lowest BCUT2D eigenvalue weighted by atomic mass is 9.94. The number of aromatic nitrogens is 1. The predicted octanol–water partition coefficient (Wildman–Crippen LogP) is 4.28. The Kier molecular flexibility index (Phi) is 4.67. The molecule has 7 heteroatoms. The van der Waals surface area contributed by atoms with Crippen molar-refractivity contribution in [3.8, 4) is 5.75 Å². The van der Waals surface area contributed by atoms with E-state index in [4.69, 9.17) is 4.74 Å². The molecule has 0 amide bonds. The van der Waals surface area contributed by atoms with Gasteiger partial charge in [-0.25, -0.2) is 16.8 Å². The Balaban J connectivity index is 1.64. The SMILES string of the molecule is COc1ccc(S(=O)(=O)n2cc(C3=CCN4CCC[C@@H]4C3)c3cc(F)ccc32)cc1. The summed E-state index contributed by atoms with van der Waals surface area (Å²) in [5, 5.41) is 0.629. The zero-order valence-corrected chi connectivity index (χ0v) is 17.5. The summed E-state index contributed by atoms with van der Waals surface area (Å²) in [5.41, 5.74) is 2.38. The summed E-state index contributed by atoms with van der Waals surface area (Å²) in [4.78, 5) is 2.62. The Morgan fingerprint density at radius 1 is 1.13 bits per heavy atom. The Morgan fingerprint density at radius 2 is 1.93 bits per heavy atom. The summed E-state index contributed by atoms with van der Waals surface area (Å²) in [7, 11) is -2.30. The van der Waals surface area contributed by atoms with Crippen LogP contribution in [0.1, 0.15) is 24.8 Å². The molecule has 1 fully saturated rings. The van der Waals surface area contributed by atoms with Crippen LogP contribution in [0.3, 0.4) is 0 Å². The highest BCUT2D eigenvalue weighted by molar-refractivity contribution is 7.90. The average molecular weight is 427 g/mol. The van der Waals surface area contributed by atoms with Crippen LogP contribution in [-0.2, 0) is 10.0 Å². The van der Waals surface area contributed by atoms with E-state index in [-0.39, 0.29) is 10.7 Å². The zero-order valence-electron chi connectivity index (χ0n) is 16.7. The number of fused-ring (bicyclic) bond motifs is 2. The second kappa shape index (κ2) is 7.25. The molecule has 0 aliphatic carbocycles. The van der Waals surface area contributed by atoms with Crippen LogP contribution in [0.2, 0.25) is 0 Å². The smallest absolute Gasteiger partial charge is 0.268 e. The highest BCUT2D eigenvalue weighted by Gasteiger charge is 2.30. The molecule has 2 aromatic carbocycles. The number of hydrogen-bond acceptors (Lipinski definition) is 4. The van der Waals surface area contributed by atoms with Gasteiger partial charge in [0.05, 0.1) is 17.5 Å². The van der Waals surface area contributed by atoms with Gasteiger partial charge in [0.2, 0.25) is 0 Å². The second-order valence-electron chi connectivity index (χ2n) is 7.91. The fourth-order valence-electron chi connectivity index (χ4n) is 4.64. The molecule has 2 aliphatic rings. The van der Waals surface area contributed by atoms with Gasteiger partial charge in [0.15, 0.2) is 0 Å². The minimum atomic E-state index is -3.84. The van der Waals surface area contributed by atoms with Crippen molar-refractivity contribution in [3.63, 3.8) is 0 Å². The first-order valence-electron chi connectivity index (χ1n) is 10.1. The van der Waals surface area contributed by atoms with Crippen molar-refractivity contribution < 1.29 is 17.5 Å². The van der Waals surface area contributed by atoms with Crippen LogP contribution in [0.4, 0.5) is 4.39 Å². The van der Waals surface area contributed by atoms with Crippen molar-refractivity contribution in [2.75, 3.05) is 20.2 Å². The van der Waals surface area contributed by atoms with E-state index in [1.54, 1.807) is 24.4 Å². The molecule has 0 radical (unpaired) electrons. The Morgan fingerprint density at radius 3 is 2.70 bits per heavy atom. The van der Waals surface area contributed by atoms with Gasteiger partial charge in [-0.15, -0.1) is 0 Å². The van der Waals surface area contributed by atoms with Gasteiger partial charge in [-0.2, -0.15) is 0 Å². The van der Waals surface area contributed by atoms with Crippen LogP contribution >= 0.6 is 0 Å². The molecule has 0 bridgehead atoms. The van der Waals surface area contributed by atoms with Gasteiger partial charge in [-0.3, -0.25) is 4.90 Å². The zero-order chi connectivity index (χ0) is 20.9. The summed E-state index contributed by atoms with van der Waals surface area (Å²) in [6.07, 6.45) is 7.01. The molecule has 1 atom stereocenters. The van der Waals surface area contributed by atoms with Crippen LogP contribution in [0.15, 0.2) is 59.6 Å². The Bertz CT molecular complexity index is 1250. The predicted molar refractivity (Wildman–Crippen MR) is 115 cm³/mol. The highest BCUT2D eigenvalue weighted by atomic mass is 32.2. The third kappa shape index (κ3) is 3.13. The number of halogens is 1. The maximum absolute atomic E-state index is 14.1.